The van der Waals surface area contributed by atoms with Gasteiger partial charge in [0, 0.05) is 0 Å². The highest BCUT2D eigenvalue weighted by molar-refractivity contribution is 6.33. The van der Waals surface area contributed by atoms with Gasteiger partial charge in [0.05, 0.1) is 23.1 Å². The van der Waals surface area contributed by atoms with E-state index in [0.717, 1.165) is 0 Å². The average molecular weight is 295 g/mol. The van der Waals surface area contributed by atoms with Gasteiger partial charge in [0.1, 0.15) is 11.5 Å². The van der Waals surface area contributed by atoms with Gasteiger partial charge in [-0.3, -0.25) is 0 Å². The summed E-state index contributed by atoms with van der Waals surface area (Å²) in [5.74, 6) is -0.307. The number of hydrogen-bond acceptors (Lipinski definition) is 3. The first-order valence-electron chi connectivity index (χ1n) is 6.14. The van der Waals surface area contributed by atoms with E-state index in [2.05, 4.69) is 21.6 Å². The largest absolute Gasteiger partial charge is 0.224 e. The van der Waals surface area contributed by atoms with Crippen molar-refractivity contribution in [2.24, 2.45) is 0 Å². The first-order valence-corrected chi connectivity index (χ1v) is 6.52. The zero-order valence-electron chi connectivity index (χ0n) is 11.6. The van der Waals surface area contributed by atoms with E-state index in [-0.39, 0.29) is 5.83 Å². The Morgan fingerprint density at radius 2 is 2.05 bits per heavy atom. The lowest BCUT2D eigenvalue weighted by Gasteiger charge is -2.02. The lowest BCUT2D eigenvalue weighted by molar-refractivity contribution is 0.640. The van der Waals surface area contributed by atoms with Crippen LogP contribution in [0.2, 0.25) is 5.15 Å². The molecule has 0 aromatic carbocycles. The lowest BCUT2D eigenvalue weighted by atomic mass is 10.3. The highest BCUT2D eigenvalue weighted by Crippen LogP contribution is 2.21. The Morgan fingerprint density at radius 1 is 1.35 bits per heavy atom. The molecule has 0 saturated heterocycles. The summed E-state index contributed by atoms with van der Waals surface area (Å²) < 4.78 is 14.2. The molecule has 0 bridgehead atoms. The summed E-state index contributed by atoms with van der Waals surface area (Å²) in [6, 6.07) is 0. The van der Waals surface area contributed by atoms with E-state index in [4.69, 9.17) is 11.6 Å². The van der Waals surface area contributed by atoms with Crippen LogP contribution in [0.25, 0.3) is 16.7 Å². The van der Waals surface area contributed by atoms with Crippen molar-refractivity contribution < 1.29 is 4.39 Å². The zero-order chi connectivity index (χ0) is 15.1. The van der Waals surface area contributed by atoms with Gasteiger partial charge < -0.3 is 0 Å². The minimum Gasteiger partial charge on any atom is -0.224 e. The van der Waals surface area contributed by atoms with E-state index in [1.54, 1.807) is 18.3 Å². The van der Waals surface area contributed by atoms with Gasteiger partial charge in [-0.2, -0.15) is 5.10 Å². The molecule has 0 N–H and O–H groups in total. The maximum atomic E-state index is 12.7. The monoisotopic (exact) mass is 294 g/mol. The fourth-order valence-electron chi connectivity index (χ4n) is 1.43. The molecule has 2 aromatic heterocycles. The van der Waals surface area contributed by atoms with Crippen LogP contribution >= 0.6 is 11.6 Å². The fraction of sp³-hybridized carbons (Fsp3) is 0.214. The first-order chi connectivity index (χ1) is 9.63. The molecule has 0 fully saturated rings. The van der Waals surface area contributed by atoms with Gasteiger partial charge in [0.15, 0.2) is 5.65 Å². The van der Waals surface area contributed by atoms with E-state index < -0.39 is 0 Å². The summed E-state index contributed by atoms with van der Waals surface area (Å²) in [4.78, 5) is 7.96. The summed E-state index contributed by atoms with van der Waals surface area (Å²) in [6.45, 7) is 9.03. The molecule has 4 nitrogen and oxygen atoms in total. The van der Waals surface area contributed by atoms with Crippen molar-refractivity contribution in [3.05, 3.63) is 48.3 Å². The van der Waals surface area contributed by atoms with Gasteiger partial charge in [-0.15, -0.1) is 0 Å². The summed E-state index contributed by atoms with van der Waals surface area (Å²) in [6.07, 6.45) is 7.35. The molecule has 0 aliphatic carbocycles. The van der Waals surface area contributed by atoms with E-state index in [1.807, 2.05) is 13.8 Å². The standard InChI is InChI=1S/C12H10ClFN4.C2H6/c1-3-9(5-4-8(2)14)18-12-10(6-17-18)11(13)15-7-16-12;1-2/h3-7H,1H2,2H3;1-2H3/b8-4+,9-5+;. The number of rotatable bonds is 3. The molecule has 20 heavy (non-hydrogen) atoms. The predicted octanol–water partition coefficient (Wildman–Crippen LogP) is 4.41. The number of fused-ring (bicyclic) bond motifs is 1. The molecule has 0 atom stereocenters. The van der Waals surface area contributed by atoms with Crippen molar-refractivity contribution in [1.82, 2.24) is 19.7 Å². The molecular formula is C14H16ClFN4. The van der Waals surface area contributed by atoms with Crippen molar-refractivity contribution >= 4 is 28.3 Å². The second-order valence-electron chi connectivity index (χ2n) is 3.51. The maximum absolute atomic E-state index is 12.7. The van der Waals surface area contributed by atoms with Crippen LogP contribution in [-0.2, 0) is 0 Å². The Morgan fingerprint density at radius 3 is 2.65 bits per heavy atom. The lowest BCUT2D eigenvalue weighted by Crippen LogP contribution is -1.98. The maximum Gasteiger partial charge on any atom is 0.167 e. The summed E-state index contributed by atoms with van der Waals surface area (Å²) >= 11 is 5.92. The molecule has 0 aliphatic rings. The predicted molar refractivity (Wildman–Crippen MR) is 81.0 cm³/mol. The van der Waals surface area contributed by atoms with Crippen LogP contribution in [0.1, 0.15) is 20.8 Å². The average Bonchev–Trinajstić information content (AvgIpc) is 2.87. The van der Waals surface area contributed by atoms with E-state index in [1.165, 1.54) is 24.0 Å². The number of halogens is 2. The van der Waals surface area contributed by atoms with Crippen LogP contribution in [0.5, 0.6) is 0 Å². The molecule has 0 unspecified atom stereocenters. The van der Waals surface area contributed by atoms with Crippen LogP contribution in [-0.4, -0.2) is 19.7 Å². The molecule has 2 aromatic rings. The van der Waals surface area contributed by atoms with Crippen LogP contribution in [0.3, 0.4) is 0 Å². The minimum atomic E-state index is -0.307. The van der Waals surface area contributed by atoms with Gasteiger partial charge in [-0.25, -0.2) is 19.0 Å². The molecule has 2 heterocycles. The third-order valence-corrected chi connectivity index (χ3v) is 2.56. The van der Waals surface area contributed by atoms with Crippen molar-refractivity contribution in [3.8, 4) is 0 Å². The van der Waals surface area contributed by atoms with Gasteiger partial charge in [0.25, 0.3) is 0 Å². The number of aromatic nitrogens is 4. The van der Waals surface area contributed by atoms with E-state index >= 15 is 0 Å². The SMILES string of the molecule is C=C/C(=C\C=C(/C)F)n1ncc2c(Cl)ncnc21.CC. The van der Waals surface area contributed by atoms with Crippen LogP contribution in [0.4, 0.5) is 4.39 Å². The second kappa shape index (κ2) is 7.55. The normalized spacial score (nSPS) is 12.1. The molecule has 106 valence electrons. The van der Waals surface area contributed by atoms with Crippen molar-refractivity contribution in [3.63, 3.8) is 0 Å². The Kier molecular flexibility index (Phi) is 6.06. The number of allylic oxidation sites excluding steroid dienone is 5. The third-order valence-electron chi connectivity index (χ3n) is 2.25. The van der Waals surface area contributed by atoms with Gasteiger partial charge in [-0.05, 0) is 25.2 Å². The Balaban J connectivity index is 0.000000956. The van der Waals surface area contributed by atoms with Crippen molar-refractivity contribution in [1.29, 1.82) is 0 Å². The van der Waals surface area contributed by atoms with Crippen LogP contribution < -0.4 is 0 Å². The van der Waals surface area contributed by atoms with Gasteiger partial charge >= 0.3 is 0 Å². The molecule has 0 radical (unpaired) electrons. The van der Waals surface area contributed by atoms with Crippen LogP contribution in [0, 0.1) is 0 Å². The molecular weight excluding hydrogens is 279 g/mol. The van der Waals surface area contributed by atoms with Gasteiger partial charge in [0.2, 0.25) is 0 Å². The minimum absolute atomic E-state index is 0.307. The molecule has 0 amide bonds. The Bertz CT molecular complexity index is 654. The number of hydrogen-bond donors (Lipinski definition) is 0. The molecule has 6 heteroatoms. The third kappa shape index (κ3) is 3.51. The van der Waals surface area contributed by atoms with E-state index in [0.29, 0.717) is 21.9 Å². The van der Waals surface area contributed by atoms with Crippen molar-refractivity contribution in [2.45, 2.75) is 20.8 Å². The van der Waals surface area contributed by atoms with E-state index in [9.17, 15) is 4.39 Å². The molecule has 0 saturated carbocycles. The Hall–Kier alpha value is -2.01. The zero-order valence-corrected chi connectivity index (χ0v) is 12.4. The first kappa shape index (κ1) is 16.0. The van der Waals surface area contributed by atoms with Crippen molar-refractivity contribution in [2.75, 3.05) is 0 Å². The topological polar surface area (TPSA) is 43.6 Å². The fourth-order valence-corrected chi connectivity index (χ4v) is 1.61. The second-order valence-corrected chi connectivity index (χ2v) is 3.87. The summed E-state index contributed by atoms with van der Waals surface area (Å²) in [7, 11) is 0. The Labute approximate surface area is 122 Å². The quantitative estimate of drug-likeness (QED) is 0.622. The number of nitrogens with zero attached hydrogens (tertiary/aromatic N) is 4. The van der Waals surface area contributed by atoms with Gasteiger partial charge in [-0.1, -0.05) is 32.0 Å². The van der Waals surface area contributed by atoms with Crippen LogP contribution in [0.15, 0.2) is 43.2 Å². The molecule has 0 spiro atoms. The summed E-state index contributed by atoms with van der Waals surface area (Å²) in [5.41, 5.74) is 1.14. The smallest absolute Gasteiger partial charge is 0.167 e. The molecule has 2 rings (SSSR count). The molecule has 0 aliphatic heterocycles. The highest BCUT2D eigenvalue weighted by Gasteiger charge is 2.09. The summed E-state index contributed by atoms with van der Waals surface area (Å²) in [5, 5.41) is 5.10. The highest BCUT2D eigenvalue weighted by atomic mass is 35.5.